The minimum Gasteiger partial charge on any atom is -0.481 e. The molecule has 0 bridgehead atoms. The van der Waals surface area contributed by atoms with Gasteiger partial charge in [-0.25, -0.2) is 0 Å². The summed E-state index contributed by atoms with van der Waals surface area (Å²) in [5.74, 6) is -1.49. The topological polar surface area (TPSA) is 83.7 Å². The van der Waals surface area contributed by atoms with Gasteiger partial charge in [-0.05, 0) is 41.6 Å². The van der Waals surface area contributed by atoms with Gasteiger partial charge in [-0.3, -0.25) is 14.9 Å². The molecule has 0 fully saturated rings. The molecule has 0 heterocycles. The van der Waals surface area contributed by atoms with E-state index in [2.05, 4.69) is 0 Å². The zero-order valence-electron chi connectivity index (χ0n) is 10.7. The Morgan fingerprint density at radius 3 is 2.68 bits per heavy atom. The summed E-state index contributed by atoms with van der Waals surface area (Å²) >= 11 is 2.01. The average molecular weight is 378 g/mol. The lowest BCUT2D eigenvalue weighted by Gasteiger charge is -2.24. The fourth-order valence-corrected chi connectivity index (χ4v) is 2.19. The molecule has 1 unspecified atom stereocenters. The molecule has 104 valence electrons. The number of nitro benzene ring substituents is 1. The van der Waals surface area contributed by atoms with Crippen LogP contribution in [0.4, 0.5) is 11.4 Å². The first-order chi connectivity index (χ1) is 8.86. The second-order valence-corrected chi connectivity index (χ2v) is 5.41. The van der Waals surface area contributed by atoms with Gasteiger partial charge in [-0.15, -0.1) is 0 Å². The van der Waals surface area contributed by atoms with E-state index in [0.717, 1.165) is 3.57 Å². The van der Waals surface area contributed by atoms with E-state index in [9.17, 15) is 14.9 Å². The lowest BCUT2D eigenvalue weighted by Crippen LogP contribution is -2.32. The quantitative estimate of drug-likeness (QED) is 0.468. The molecule has 0 aromatic heterocycles. The standard InChI is InChI=1S/C12H15IN2O4/c1-3-14(7-8(2)12(16)17)10-5-4-9(13)6-11(10)15(18)19/h4-6,8H,3,7H2,1-2H3,(H,16,17). The minimum absolute atomic E-state index is 0.00587. The van der Waals surface area contributed by atoms with Crippen molar-refractivity contribution in [2.75, 3.05) is 18.0 Å². The molecule has 1 rings (SSSR count). The lowest BCUT2D eigenvalue weighted by molar-refractivity contribution is -0.384. The Balaban J connectivity index is 3.11. The molecule has 19 heavy (non-hydrogen) atoms. The number of nitrogens with zero attached hydrogens (tertiary/aromatic N) is 2. The van der Waals surface area contributed by atoms with Crippen LogP contribution in [0.3, 0.4) is 0 Å². The molecular formula is C12H15IN2O4. The molecule has 0 amide bonds. The zero-order valence-corrected chi connectivity index (χ0v) is 12.8. The largest absolute Gasteiger partial charge is 0.481 e. The van der Waals surface area contributed by atoms with Crippen molar-refractivity contribution >= 4 is 39.9 Å². The molecule has 1 aromatic carbocycles. The van der Waals surface area contributed by atoms with Gasteiger partial charge in [0.1, 0.15) is 5.69 Å². The number of nitro groups is 1. The number of anilines is 1. The van der Waals surface area contributed by atoms with Gasteiger partial charge in [0.25, 0.3) is 5.69 Å². The van der Waals surface area contributed by atoms with Gasteiger partial charge in [0.05, 0.1) is 10.8 Å². The van der Waals surface area contributed by atoms with Crippen molar-refractivity contribution in [1.29, 1.82) is 0 Å². The van der Waals surface area contributed by atoms with E-state index in [0.29, 0.717) is 12.2 Å². The molecule has 0 saturated carbocycles. The first kappa shape index (κ1) is 15.7. The fraction of sp³-hybridized carbons (Fsp3) is 0.417. The molecule has 0 aliphatic rings. The molecule has 1 atom stereocenters. The Hall–Kier alpha value is -1.38. The Morgan fingerprint density at radius 1 is 1.58 bits per heavy atom. The normalized spacial score (nSPS) is 11.9. The number of aliphatic carboxylic acids is 1. The summed E-state index contributed by atoms with van der Waals surface area (Å²) in [6.07, 6.45) is 0. The van der Waals surface area contributed by atoms with E-state index in [1.165, 1.54) is 6.07 Å². The molecule has 1 aromatic rings. The van der Waals surface area contributed by atoms with Crippen LogP contribution < -0.4 is 4.90 Å². The summed E-state index contributed by atoms with van der Waals surface area (Å²) < 4.78 is 0.774. The van der Waals surface area contributed by atoms with Gasteiger partial charge >= 0.3 is 5.97 Å². The van der Waals surface area contributed by atoms with Crippen molar-refractivity contribution in [2.45, 2.75) is 13.8 Å². The van der Waals surface area contributed by atoms with Crippen molar-refractivity contribution in [3.63, 3.8) is 0 Å². The van der Waals surface area contributed by atoms with E-state index < -0.39 is 16.8 Å². The van der Waals surface area contributed by atoms with Gasteiger partial charge in [0, 0.05) is 22.7 Å². The third-order valence-electron chi connectivity index (χ3n) is 2.77. The first-order valence-corrected chi connectivity index (χ1v) is 6.86. The average Bonchev–Trinajstić information content (AvgIpc) is 2.35. The highest BCUT2D eigenvalue weighted by atomic mass is 127. The van der Waals surface area contributed by atoms with Crippen LogP contribution in [-0.2, 0) is 4.79 Å². The molecule has 0 aliphatic carbocycles. The van der Waals surface area contributed by atoms with Crippen LogP contribution in [0.2, 0.25) is 0 Å². The van der Waals surface area contributed by atoms with Crippen LogP contribution in [-0.4, -0.2) is 29.1 Å². The van der Waals surface area contributed by atoms with Crippen LogP contribution in [0.1, 0.15) is 13.8 Å². The highest BCUT2D eigenvalue weighted by Crippen LogP contribution is 2.30. The predicted molar refractivity (Wildman–Crippen MR) is 80.5 cm³/mol. The SMILES string of the molecule is CCN(CC(C)C(=O)O)c1ccc(I)cc1[N+](=O)[O-]. The van der Waals surface area contributed by atoms with Gasteiger partial charge in [0.2, 0.25) is 0 Å². The molecule has 0 saturated heterocycles. The number of benzene rings is 1. The Bertz CT molecular complexity index is 493. The smallest absolute Gasteiger partial charge is 0.308 e. The Labute approximate surface area is 124 Å². The number of carbonyl (C=O) groups is 1. The van der Waals surface area contributed by atoms with Crippen molar-refractivity contribution in [1.82, 2.24) is 0 Å². The van der Waals surface area contributed by atoms with Crippen LogP contribution in [0, 0.1) is 19.6 Å². The summed E-state index contributed by atoms with van der Waals surface area (Å²) in [7, 11) is 0. The maximum absolute atomic E-state index is 11.1. The summed E-state index contributed by atoms with van der Waals surface area (Å²) in [4.78, 5) is 23.2. The zero-order chi connectivity index (χ0) is 14.6. The second kappa shape index (κ2) is 6.69. The van der Waals surface area contributed by atoms with E-state index in [1.54, 1.807) is 24.0 Å². The van der Waals surface area contributed by atoms with Gasteiger partial charge < -0.3 is 10.0 Å². The molecule has 1 N–H and O–H groups in total. The van der Waals surface area contributed by atoms with Crippen LogP contribution >= 0.6 is 22.6 Å². The molecule has 0 aliphatic heterocycles. The number of carboxylic acid groups (broad SMARTS) is 1. The molecule has 0 spiro atoms. The summed E-state index contributed by atoms with van der Waals surface area (Å²) in [6, 6.07) is 4.93. The molecule has 0 radical (unpaired) electrons. The summed E-state index contributed by atoms with van der Waals surface area (Å²) in [5.41, 5.74) is 0.465. The Kier molecular flexibility index (Phi) is 5.52. The van der Waals surface area contributed by atoms with Gasteiger partial charge in [0.15, 0.2) is 0 Å². The van der Waals surface area contributed by atoms with Crippen molar-refractivity contribution in [2.24, 2.45) is 5.92 Å². The minimum atomic E-state index is -0.911. The lowest BCUT2D eigenvalue weighted by atomic mass is 10.1. The Morgan fingerprint density at radius 2 is 2.21 bits per heavy atom. The summed E-state index contributed by atoms with van der Waals surface area (Å²) in [5, 5.41) is 20.0. The highest BCUT2D eigenvalue weighted by molar-refractivity contribution is 14.1. The third-order valence-corrected chi connectivity index (χ3v) is 3.44. The number of hydrogen-bond donors (Lipinski definition) is 1. The van der Waals surface area contributed by atoms with Gasteiger partial charge in [-0.2, -0.15) is 0 Å². The van der Waals surface area contributed by atoms with Crippen molar-refractivity contribution < 1.29 is 14.8 Å². The summed E-state index contributed by atoms with van der Waals surface area (Å²) in [6.45, 7) is 4.19. The van der Waals surface area contributed by atoms with Crippen LogP contribution in [0.5, 0.6) is 0 Å². The van der Waals surface area contributed by atoms with E-state index >= 15 is 0 Å². The highest BCUT2D eigenvalue weighted by Gasteiger charge is 2.22. The second-order valence-electron chi connectivity index (χ2n) is 4.17. The van der Waals surface area contributed by atoms with Gasteiger partial charge in [-0.1, -0.05) is 6.92 Å². The number of carboxylic acids is 1. The maximum atomic E-state index is 11.1. The number of hydrogen-bond acceptors (Lipinski definition) is 4. The van der Waals surface area contributed by atoms with Crippen LogP contribution in [0.15, 0.2) is 18.2 Å². The van der Waals surface area contributed by atoms with Crippen molar-refractivity contribution in [3.05, 3.63) is 31.9 Å². The number of halogens is 1. The van der Waals surface area contributed by atoms with Crippen molar-refractivity contribution in [3.8, 4) is 0 Å². The monoisotopic (exact) mass is 378 g/mol. The van der Waals surface area contributed by atoms with E-state index in [4.69, 9.17) is 5.11 Å². The maximum Gasteiger partial charge on any atom is 0.308 e. The first-order valence-electron chi connectivity index (χ1n) is 5.78. The third kappa shape index (κ3) is 4.05. The fourth-order valence-electron chi connectivity index (χ4n) is 1.72. The molecular weight excluding hydrogens is 363 g/mol. The molecule has 6 nitrogen and oxygen atoms in total. The van der Waals surface area contributed by atoms with Crippen LogP contribution in [0.25, 0.3) is 0 Å². The van der Waals surface area contributed by atoms with E-state index in [1.807, 2.05) is 29.5 Å². The number of rotatable bonds is 6. The molecule has 7 heteroatoms. The van der Waals surface area contributed by atoms with E-state index in [-0.39, 0.29) is 12.2 Å². The predicted octanol–water partition coefficient (Wildman–Crippen LogP) is 2.75.